The van der Waals surface area contributed by atoms with E-state index in [2.05, 4.69) is 10.2 Å². The van der Waals surface area contributed by atoms with Crippen LogP contribution in [0, 0.1) is 0 Å². The van der Waals surface area contributed by atoms with Crippen LogP contribution in [-0.4, -0.2) is 52.1 Å². The number of ether oxygens (including phenoxy) is 3. The summed E-state index contributed by atoms with van der Waals surface area (Å²) >= 11 is 6.39. The standard InChI is InChI=1S/C22H24ClF3N2O4/c1-30-19-13-15(5-7-18(19)32-14-22(24,25)26)6-8-20(29)27-17-4-2-3-16(23)21(17)28-9-11-31-12-10-28/h2-5,7,13H,6,8-12,14H2,1H3,(H,27,29). The van der Waals surface area contributed by atoms with Crippen molar-refractivity contribution in [1.82, 2.24) is 0 Å². The Kier molecular flexibility index (Phi) is 8.09. The summed E-state index contributed by atoms with van der Waals surface area (Å²) in [4.78, 5) is 14.7. The van der Waals surface area contributed by atoms with E-state index < -0.39 is 12.8 Å². The molecule has 1 heterocycles. The highest BCUT2D eigenvalue weighted by Gasteiger charge is 2.29. The largest absolute Gasteiger partial charge is 0.493 e. The summed E-state index contributed by atoms with van der Waals surface area (Å²) in [7, 11) is 1.35. The fourth-order valence-electron chi connectivity index (χ4n) is 3.34. The Bertz CT molecular complexity index is 934. The number of methoxy groups -OCH3 is 1. The predicted molar refractivity (Wildman–Crippen MR) is 116 cm³/mol. The molecule has 0 bridgehead atoms. The number of para-hydroxylation sites is 1. The first-order valence-corrected chi connectivity index (χ1v) is 10.4. The Balaban J connectivity index is 1.62. The molecule has 2 aromatic carbocycles. The molecule has 1 fully saturated rings. The molecule has 2 aromatic rings. The lowest BCUT2D eigenvalue weighted by atomic mass is 10.1. The number of nitrogens with one attached hydrogen (secondary N) is 1. The number of alkyl halides is 3. The summed E-state index contributed by atoms with van der Waals surface area (Å²) in [5.41, 5.74) is 2.12. The summed E-state index contributed by atoms with van der Waals surface area (Å²) in [5.74, 6) is -0.0400. The predicted octanol–water partition coefficient (Wildman–Crippen LogP) is 4.70. The summed E-state index contributed by atoms with van der Waals surface area (Å²) in [5, 5.41) is 3.45. The molecule has 32 heavy (non-hydrogen) atoms. The van der Waals surface area contributed by atoms with E-state index in [1.165, 1.54) is 13.2 Å². The summed E-state index contributed by atoms with van der Waals surface area (Å²) in [6.07, 6.45) is -3.90. The first-order chi connectivity index (χ1) is 15.3. The van der Waals surface area contributed by atoms with Crippen molar-refractivity contribution < 1.29 is 32.2 Å². The maximum Gasteiger partial charge on any atom is 0.422 e. The van der Waals surface area contributed by atoms with Crippen molar-refractivity contribution >= 4 is 28.9 Å². The van der Waals surface area contributed by atoms with Gasteiger partial charge in [-0.25, -0.2) is 0 Å². The zero-order chi connectivity index (χ0) is 23.1. The fourth-order valence-corrected chi connectivity index (χ4v) is 3.64. The topological polar surface area (TPSA) is 60.0 Å². The number of morpholine rings is 1. The number of rotatable bonds is 8. The van der Waals surface area contributed by atoms with Gasteiger partial charge in [0.2, 0.25) is 5.91 Å². The monoisotopic (exact) mass is 472 g/mol. The van der Waals surface area contributed by atoms with E-state index in [1.54, 1.807) is 30.3 Å². The van der Waals surface area contributed by atoms with Crippen molar-refractivity contribution in [3.05, 3.63) is 47.0 Å². The molecular formula is C22H24ClF3N2O4. The SMILES string of the molecule is COc1cc(CCC(=O)Nc2cccc(Cl)c2N2CCOCC2)ccc1OCC(F)(F)F. The molecule has 0 aliphatic carbocycles. The van der Waals surface area contributed by atoms with E-state index in [0.29, 0.717) is 43.4 Å². The number of anilines is 2. The molecule has 0 spiro atoms. The highest BCUT2D eigenvalue weighted by atomic mass is 35.5. The number of carbonyl (C=O) groups is 1. The third kappa shape index (κ3) is 6.67. The second-order valence-corrected chi connectivity index (χ2v) is 7.58. The molecule has 0 unspecified atom stereocenters. The molecule has 1 saturated heterocycles. The van der Waals surface area contributed by atoms with Gasteiger partial charge in [0.25, 0.3) is 0 Å². The third-order valence-electron chi connectivity index (χ3n) is 4.85. The van der Waals surface area contributed by atoms with Gasteiger partial charge in [0.05, 0.1) is 36.7 Å². The molecular weight excluding hydrogens is 449 g/mol. The van der Waals surface area contributed by atoms with E-state index in [0.717, 1.165) is 11.3 Å². The Hall–Kier alpha value is -2.65. The maximum atomic E-state index is 12.6. The number of hydrogen-bond acceptors (Lipinski definition) is 5. The Labute approximate surface area is 189 Å². The molecule has 1 aliphatic heterocycles. The van der Waals surface area contributed by atoms with E-state index in [1.807, 2.05) is 0 Å². The van der Waals surface area contributed by atoms with E-state index in [-0.39, 0.29) is 23.8 Å². The van der Waals surface area contributed by atoms with E-state index >= 15 is 0 Å². The van der Waals surface area contributed by atoms with Gasteiger partial charge < -0.3 is 24.4 Å². The number of amides is 1. The summed E-state index contributed by atoms with van der Waals surface area (Å²) < 4.78 is 52.5. The normalized spacial score (nSPS) is 14.2. The second kappa shape index (κ2) is 10.8. The molecule has 10 heteroatoms. The third-order valence-corrected chi connectivity index (χ3v) is 5.15. The van der Waals surface area contributed by atoms with Gasteiger partial charge in [-0.15, -0.1) is 0 Å². The second-order valence-electron chi connectivity index (χ2n) is 7.17. The van der Waals surface area contributed by atoms with Gasteiger partial charge in [0, 0.05) is 19.5 Å². The Morgan fingerprint density at radius 3 is 2.62 bits per heavy atom. The van der Waals surface area contributed by atoms with E-state index in [9.17, 15) is 18.0 Å². The summed E-state index contributed by atoms with van der Waals surface area (Å²) in [6.45, 7) is 1.12. The van der Waals surface area contributed by atoms with Crippen molar-refractivity contribution in [3.63, 3.8) is 0 Å². The van der Waals surface area contributed by atoms with Gasteiger partial charge in [0.1, 0.15) is 0 Å². The summed E-state index contributed by atoms with van der Waals surface area (Å²) in [6, 6.07) is 9.93. The lowest BCUT2D eigenvalue weighted by Gasteiger charge is -2.31. The Morgan fingerprint density at radius 2 is 1.94 bits per heavy atom. The smallest absolute Gasteiger partial charge is 0.422 e. The molecule has 1 amide bonds. The molecule has 0 atom stereocenters. The number of hydrogen-bond donors (Lipinski definition) is 1. The average molecular weight is 473 g/mol. The first-order valence-electron chi connectivity index (χ1n) is 10.0. The van der Waals surface area contributed by atoms with Gasteiger partial charge in [0.15, 0.2) is 18.1 Å². The highest BCUT2D eigenvalue weighted by Crippen LogP contribution is 2.35. The van der Waals surface area contributed by atoms with Crippen molar-refractivity contribution in [1.29, 1.82) is 0 Å². The van der Waals surface area contributed by atoms with Crippen LogP contribution in [-0.2, 0) is 16.0 Å². The minimum atomic E-state index is -4.44. The quantitative estimate of drug-likeness (QED) is 0.603. The van der Waals surface area contributed by atoms with Crippen molar-refractivity contribution in [2.75, 3.05) is 50.2 Å². The van der Waals surface area contributed by atoms with Gasteiger partial charge in [-0.1, -0.05) is 23.7 Å². The molecule has 0 aromatic heterocycles. The molecule has 0 saturated carbocycles. The number of benzene rings is 2. The lowest BCUT2D eigenvalue weighted by molar-refractivity contribution is -0.153. The van der Waals surface area contributed by atoms with Crippen molar-refractivity contribution in [2.45, 2.75) is 19.0 Å². The van der Waals surface area contributed by atoms with Crippen molar-refractivity contribution in [2.24, 2.45) is 0 Å². The van der Waals surface area contributed by atoms with Gasteiger partial charge in [-0.3, -0.25) is 4.79 Å². The number of halogens is 4. The molecule has 1 aliphatic rings. The van der Waals surface area contributed by atoms with Crippen LogP contribution in [0.3, 0.4) is 0 Å². The van der Waals surface area contributed by atoms with Crippen LogP contribution in [0.1, 0.15) is 12.0 Å². The van der Waals surface area contributed by atoms with Crippen LogP contribution >= 0.6 is 11.6 Å². The number of carbonyl (C=O) groups excluding carboxylic acids is 1. The first kappa shape index (κ1) is 24.0. The molecule has 0 radical (unpaired) electrons. The van der Waals surface area contributed by atoms with Gasteiger partial charge >= 0.3 is 6.18 Å². The number of nitrogens with zero attached hydrogens (tertiary/aromatic N) is 1. The van der Waals surface area contributed by atoms with E-state index in [4.69, 9.17) is 25.8 Å². The van der Waals surface area contributed by atoms with Crippen LogP contribution in [0.2, 0.25) is 5.02 Å². The van der Waals surface area contributed by atoms with Gasteiger partial charge in [-0.2, -0.15) is 13.2 Å². The molecule has 174 valence electrons. The molecule has 6 nitrogen and oxygen atoms in total. The highest BCUT2D eigenvalue weighted by molar-refractivity contribution is 6.34. The minimum Gasteiger partial charge on any atom is -0.493 e. The lowest BCUT2D eigenvalue weighted by Crippen LogP contribution is -2.37. The number of aryl methyl sites for hydroxylation is 1. The van der Waals surface area contributed by atoms with Gasteiger partial charge in [-0.05, 0) is 36.2 Å². The zero-order valence-electron chi connectivity index (χ0n) is 17.5. The Morgan fingerprint density at radius 1 is 1.19 bits per heavy atom. The van der Waals surface area contributed by atoms with Crippen LogP contribution in [0.15, 0.2) is 36.4 Å². The van der Waals surface area contributed by atoms with Crippen LogP contribution in [0.5, 0.6) is 11.5 Å². The van der Waals surface area contributed by atoms with Crippen LogP contribution in [0.4, 0.5) is 24.5 Å². The maximum absolute atomic E-state index is 12.6. The van der Waals surface area contributed by atoms with Crippen LogP contribution in [0.25, 0.3) is 0 Å². The van der Waals surface area contributed by atoms with Crippen molar-refractivity contribution in [3.8, 4) is 11.5 Å². The molecule has 3 rings (SSSR count). The van der Waals surface area contributed by atoms with Crippen LogP contribution < -0.4 is 19.7 Å². The molecule has 1 N–H and O–H groups in total. The fraction of sp³-hybridized carbons (Fsp3) is 0.409. The zero-order valence-corrected chi connectivity index (χ0v) is 18.3. The average Bonchev–Trinajstić information content (AvgIpc) is 2.76. The minimum absolute atomic E-state index is 0.00731.